The van der Waals surface area contributed by atoms with E-state index in [1.807, 2.05) is 19.9 Å². The monoisotopic (exact) mass is 464 g/mol. The van der Waals surface area contributed by atoms with Crippen LogP contribution in [0.15, 0.2) is 27.7 Å². The van der Waals surface area contributed by atoms with Crippen LogP contribution in [0.4, 0.5) is 5.69 Å². The van der Waals surface area contributed by atoms with Crippen molar-refractivity contribution in [3.63, 3.8) is 0 Å². The Balaban J connectivity index is 0.00000288. The molecule has 2 rings (SSSR count). The molecular weight excluding hydrogens is 443 g/mol. The summed E-state index contributed by atoms with van der Waals surface area (Å²) in [6, 6.07) is 5.33. The van der Waals surface area contributed by atoms with E-state index in [2.05, 4.69) is 22.4 Å². The normalized spacial score (nSPS) is 12.5. The van der Waals surface area contributed by atoms with Crippen LogP contribution in [0.25, 0.3) is 0 Å². The third-order valence-electron chi connectivity index (χ3n) is 3.54. The minimum Gasteiger partial charge on any atom is -0.495 e. The van der Waals surface area contributed by atoms with E-state index in [4.69, 9.17) is 26.6 Å². The topological polar surface area (TPSA) is 85.7 Å². The van der Waals surface area contributed by atoms with Crippen molar-refractivity contribution in [2.75, 3.05) is 19.0 Å². The van der Waals surface area contributed by atoms with Crippen molar-refractivity contribution in [2.24, 2.45) is 10.7 Å². The standard InChI is InChI=1S/C16H21ClN4O2.HI/c1-9(15-10(2)21-23-11(15)3)8-19-16(18)20-12-5-6-14(22-4)13(17)7-12;/h5-7,9H,8H2,1-4H3,(H3,18,19,20);1H. The van der Waals surface area contributed by atoms with Crippen LogP contribution in [-0.2, 0) is 0 Å². The van der Waals surface area contributed by atoms with Crippen molar-refractivity contribution in [3.8, 4) is 5.75 Å². The lowest BCUT2D eigenvalue weighted by atomic mass is 10.00. The fourth-order valence-corrected chi connectivity index (χ4v) is 2.71. The number of hydrogen-bond acceptors (Lipinski definition) is 4. The molecule has 0 saturated heterocycles. The van der Waals surface area contributed by atoms with Gasteiger partial charge in [-0.25, -0.2) is 0 Å². The van der Waals surface area contributed by atoms with E-state index in [9.17, 15) is 0 Å². The SMILES string of the molecule is COc1ccc(NC(N)=NCC(C)c2c(C)noc2C)cc1Cl.I. The zero-order chi connectivity index (χ0) is 17.0. The van der Waals surface area contributed by atoms with E-state index in [0.717, 1.165) is 22.7 Å². The first-order chi connectivity index (χ1) is 10.9. The number of aryl methyl sites for hydroxylation is 2. The van der Waals surface area contributed by atoms with Gasteiger partial charge < -0.3 is 20.3 Å². The molecule has 1 unspecified atom stereocenters. The number of benzene rings is 1. The Morgan fingerprint density at radius 1 is 1.46 bits per heavy atom. The van der Waals surface area contributed by atoms with Crippen LogP contribution in [0.1, 0.15) is 29.9 Å². The van der Waals surface area contributed by atoms with Gasteiger partial charge in [-0.05, 0) is 32.0 Å². The molecule has 0 aliphatic rings. The van der Waals surface area contributed by atoms with Gasteiger partial charge in [-0.2, -0.15) is 0 Å². The highest BCUT2D eigenvalue weighted by Crippen LogP contribution is 2.27. The van der Waals surface area contributed by atoms with Crippen molar-refractivity contribution in [3.05, 3.63) is 40.2 Å². The Hall–Kier alpha value is -1.48. The number of guanidine groups is 1. The molecule has 24 heavy (non-hydrogen) atoms. The van der Waals surface area contributed by atoms with Gasteiger partial charge in [0.2, 0.25) is 0 Å². The number of nitrogens with one attached hydrogen (secondary N) is 1. The smallest absolute Gasteiger partial charge is 0.193 e. The molecule has 0 aliphatic carbocycles. The van der Waals surface area contributed by atoms with Crippen molar-refractivity contribution < 1.29 is 9.26 Å². The van der Waals surface area contributed by atoms with E-state index in [1.165, 1.54) is 0 Å². The van der Waals surface area contributed by atoms with Crippen LogP contribution in [-0.4, -0.2) is 24.8 Å². The van der Waals surface area contributed by atoms with Crippen LogP contribution < -0.4 is 15.8 Å². The molecule has 1 aromatic carbocycles. The second kappa shape index (κ2) is 9.12. The summed E-state index contributed by atoms with van der Waals surface area (Å²) in [5.74, 6) is 1.92. The number of nitrogens with zero attached hydrogens (tertiary/aromatic N) is 2. The average molecular weight is 465 g/mol. The fraction of sp³-hybridized carbons (Fsp3) is 0.375. The van der Waals surface area contributed by atoms with Gasteiger partial charge in [0.1, 0.15) is 11.5 Å². The molecule has 0 saturated carbocycles. The second-order valence-electron chi connectivity index (χ2n) is 5.34. The van der Waals surface area contributed by atoms with Crippen LogP contribution in [0.5, 0.6) is 5.75 Å². The third kappa shape index (κ3) is 5.01. The molecule has 0 amide bonds. The Morgan fingerprint density at radius 3 is 2.71 bits per heavy atom. The van der Waals surface area contributed by atoms with Crippen molar-refractivity contribution in [2.45, 2.75) is 26.7 Å². The summed E-state index contributed by atoms with van der Waals surface area (Å²) in [7, 11) is 1.57. The molecule has 3 N–H and O–H groups in total. The van der Waals surface area contributed by atoms with Gasteiger partial charge in [0.05, 0.1) is 17.8 Å². The molecule has 1 heterocycles. The van der Waals surface area contributed by atoms with Gasteiger partial charge in [0.15, 0.2) is 5.96 Å². The molecular formula is C16H22ClIN4O2. The van der Waals surface area contributed by atoms with Gasteiger partial charge in [0.25, 0.3) is 0 Å². The molecule has 2 aromatic rings. The minimum absolute atomic E-state index is 0. The van der Waals surface area contributed by atoms with Gasteiger partial charge in [-0.15, -0.1) is 24.0 Å². The van der Waals surface area contributed by atoms with E-state index in [1.54, 1.807) is 19.2 Å². The number of ether oxygens (including phenoxy) is 1. The van der Waals surface area contributed by atoms with Gasteiger partial charge in [-0.3, -0.25) is 4.99 Å². The molecule has 1 aromatic heterocycles. The maximum absolute atomic E-state index is 6.08. The maximum atomic E-state index is 6.08. The largest absolute Gasteiger partial charge is 0.495 e. The predicted molar refractivity (Wildman–Crippen MR) is 108 cm³/mol. The molecule has 0 aliphatic heterocycles. The van der Waals surface area contributed by atoms with E-state index in [-0.39, 0.29) is 29.9 Å². The molecule has 0 fully saturated rings. The first kappa shape index (κ1) is 20.6. The summed E-state index contributed by atoms with van der Waals surface area (Å²) in [6.45, 7) is 6.42. The number of rotatable bonds is 5. The molecule has 1 atom stereocenters. The van der Waals surface area contributed by atoms with Gasteiger partial charge >= 0.3 is 0 Å². The lowest BCUT2D eigenvalue weighted by Crippen LogP contribution is -2.23. The highest BCUT2D eigenvalue weighted by atomic mass is 127. The third-order valence-corrected chi connectivity index (χ3v) is 3.84. The fourth-order valence-electron chi connectivity index (χ4n) is 2.45. The summed E-state index contributed by atoms with van der Waals surface area (Å²) in [5.41, 5.74) is 8.65. The highest BCUT2D eigenvalue weighted by molar-refractivity contribution is 14.0. The Kier molecular flexibility index (Phi) is 7.82. The molecule has 0 spiro atoms. The zero-order valence-corrected chi connectivity index (χ0v) is 17.2. The summed E-state index contributed by atoms with van der Waals surface area (Å²) >= 11 is 6.08. The molecule has 0 bridgehead atoms. The summed E-state index contributed by atoms with van der Waals surface area (Å²) in [6.07, 6.45) is 0. The first-order valence-corrected chi connectivity index (χ1v) is 7.63. The first-order valence-electron chi connectivity index (χ1n) is 7.25. The lowest BCUT2D eigenvalue weighted by Gasteiger charge is -2.11. The van der Waals surface area contributed by atoms with Gasteiger partial charge in [0, 0.05) is 23.7 Å². The molecule has 0 radical (unpaired) electrons. The number of anilines is 1. The van der Waals surface area contributed by atoms with Gasteiger partial charge in [-0.1, -0.05) is 23.7 Å². The second-order valence-corrected chi connectivity index (χ2v) is 5.75. The minimum atomic E-state index is 0. The number of methoxy groups -OCH3 is 1. The number of aliphatic imine (C=N–C) groups is 1. The van der Waals surface area contributed by atoms with Crippen LogP contribution in [0.2, 0.25) is 5.02 Å². The Bertz CT molecular complexity index is 699. The van der Waals surface area contributed by atoms with Crippen molar-refractivity contribution in [1.82, 2.24) is 5.16 Å². The highest BCUT2D eigenvalue weighted by Gasteiger charge is 2.16. The van der Waals surface area contributed by atoms with Crippen molar-refractivity contribution in [1.29, 1.82) is 0 Å². The van der Waals surface area contributed by atoms with Crippen LogP contribution in [0, 0.1) is 13.8 Å². The zero-order valence-electron chi connectivity index (χ0n) is 14.1. The average Bonchev–Trinajstić information content (AvgIpc) is 2.84. The van der Waals surface area contributed by atoms with Crippen LogP contribution in [0.3, 0.4) is 0 Å². The molecule has 6 nitrogen and oxygen atoms in total. The number of halogens is 2. The summed E-state index contributed by atoms with van der Waals surface area (Å²) in [5, 5.41) is 7.48. The number of hydrogen-bond donors (Lipinski definition) is 2. The lowest BCUT2D eigenvalue weighted by molar-refractivity contribution is 0.391. The number of nitrogens with two attached hydrogens (primary N) is 1. The summed E-state index contributed by atoms with van der Waals surface area (Å²) in [4.78, 5) is 4.37. The maximum Gasteiger partial charge on any atom is 0.193 e. The van der Waals surface area contributed by atoms with E-state index >= 15 is 0 Å². The summed E-state index contributed by atoms with van der Waals surface area (Å²) < 4.78 is 10.3. The Labute approximate surface area is 163 Å². The van der Waals surface area contributed by atoms with Crippen LogP contribution >= 0.6 is 35.6 Å². The van der Waals surface area contributed by atoms with Crippen molar-refractivity contribution >= 4 is 47.2 Å². The molecule has 132 valence electrons. The quantitative estimate of drug-likeness (QED) is 0.395. The van der Waals surface area contributed by atoms with E-state index in [0.29, 0.717) is 23.3 Å². The van der Waals surface area contributed by atoms with E-state index < -0.39 is 0 Å². The predicted octanol–water partition coefficient (Wildman–Crippen LogP) is 4.10. The number of aromatic nitrogens is 1. The molecule has 8 heteroatoms. The Morgan fingerprint density at radius 2 is 2.17 bits per heavy atom.